The van der Waals surface area contributed by atoms with Gasteiger partial charge in [-0.15, -0.1) is 0 Å². The van der Waals surface area contributed by atoms with Crippen LogP contribution < -0.4 is 15.2 Å². The number of rotatable bonds is 8. The van der Waals surface area contributed by atoms with Gasteiger partial charge in [0, 0.05) is 32.0 Å². The molecule has 0 bridgehead atoms. The van der Waals surface area contributed by atoms with Crippen molar-refractivity contribution >= 4 is 0 Å². The molecular formula is C32H29N3O3. The van der Waals surface area contributed by atoms with Gasteiger partial charge in [-0.05, 0) is 78.2 Å². The molecule has 190 valence electrons. The Morgan fingerprint density at radius 2 is 1.21 bits per heavy atom. The molecule has 6 rings (SSSR count). The maximum absolute atomic E-state index is 13.1. The topological polar surface area (TPSA) is 48.6 Å². The van der Waals surface area contributed by atoms with E-state index in [1.165, 1.54) is 11.1 Å². The van der Waals surface area contributed by atoms with Gasteiger partial charge in [0.05, 0.1) is 11.4 Å². The molecular weight excluding hydrogens is 474 g/mol. The highest BCUT2D eigenvalue weighted by molar-refractivity contribution is 5.41. The average Bonchev–Trinajstić information content (AvgIpc) is 3.35. The Labute approximate surface area is 221 Å². The summed E-state index contributed by atoms with van der Waals surface area (Å²) in [5.41, 5.74) is 4.29. The van der Waals surface area contributed by atoms with Crippen LogP contribution in [0.2, 0.25) is 0 Å². The zero-order valence-electron chi connectivity index (χ0n) is 21.1. The lowest BCUT2D eigenvalue weighted by molar-refractivity contribution is 0.196. The van der Waals surface area contributed by atoms with Crippen LogP contribution in [0.3, 0.4) is 0 Å². The summed E-state index contributed by atoms with van der Waals surface area (Å²) in [6.07, 6.45) is 4.64. The second-order valence-electron chi connectivity index (χ2n) is 9.37. The van der Waals surface area contributed by atoms with Crippen LogP contribution in [0.5, 0.6) is 17.2 Å². The van der Waals surface area contributed by atoms with Crippen molar-refractivity contribution in [2.45, 2.75) is 13.0 Å². The van der Waals surface area contributed by atoms with Crippen LogP contribution in [-0.4, -0.2) is 33.7 Å². The highest BCUT2D eigenvalue weighted by atomic mass is 16.5. The number of nitrogens with zero attached hydrogens (tertiary/aromatic N) is 3. The third-order valence-corrected chi connectivity index (χ3v) is 6.87. The van der Waals surface area contributed by atoms with Gasteiger partial charge >= 0.3 is 5.69 Å². The number of benzene rings is 4. The predicted molar refractivity (Wildman–Crippen MR) is 149 cm³/mol. The van der Waals surface area contributed by atoms with Crippen LogP contribution >= 0.6 is 0 Å². The summed E-state index contributed by atoms with van der Waals surface area (Å²) < 4.78 is 15.1. The molecule has 6 nitrogen and oxygen atoms in total. The summed E-state index contributed by atoms with van der Waals surface area (Å²) in [6.45, 7) is 3.54. The van der Waals surface area contributed by atoms with E-state index in [1.54, 1.807) is 21.5 Å². The number of hydrogen-bond donors (Lipinski definition) is 0. The molecule has 0 saturated carbocycles. The Bertz CT molecular complexity index is 1550. The molecule has 0 spiro atoms. The van der Waals surface area contributed by atoms with Crippen LogP contribution in [-0.2, 0) is 13.0 Å². The quantitative estimate of drug-likeness (QED) is 0.266. The molecule has 0 fully saturated rings. The highest BCUT2D eigenvalue weighted by Crippen LogP contribution is 2.23. The van der Waals surface area contributed by atoms with Crippen molar-refractivity contribution in [3.63, 3.8) is 0 Å². The molecule has 4 aromatic carbocycles. The summed E-state index contributed by atoms with van der Waals surface area (Å²) in [4.78, 5) is 15.6. The normalized spacial score (nSPS) is 13.2. The fourth-order valence-electron chi connectivity index (χ4n) is 4.81. The van der Waals surface area contributed by atoms with E-state index in [1.807, 2.05) is 78.9 Å². The number of hydrogen-bond acceptors (Lipinski definition) is 4. The first-order valence-corrected chi connectivity index (χ1v) is 12.9. The molecule has 1 aliphatic rings. The van der Waals surface area contributed by atoms with E-state index in [0.29, 0.717) is 12.4 Å². The zero-order valence-corrected chi connectivity index (χ0v) is 21.1. The van der Waals surface area contributed by atoms with Gasteiger partial charge in [-0.1, -0.05) is 42.5 Å². The van der Waals surface area contributed by atoms with E-state index < -0.39 is 0 Å². The van der Waals surface area contributed by atoms with Gasteiger partial charge in [0.1, 0.15) is 23.9 Å². The van der Waals surface area contributed by atoms with Gasteiger partial charge in [-0.25, -0.2) is 4.79 Å². The fourth-order valence-corrected chi connectivity index (χ4v) is 4.81. The Kier molecular flexibility index (Phi) is 6.79. The SMILES string of the molecule is O=c1n(-c2ccc(OCCN3CCc4ccccc4C3)cc2)ccn1-c1ccc(Oc2ccccc2)cc1. The second kappa shape index (κ2) is 10.8. The van der Waals surface area contributed by atoms with Crippen LogP contribution in [0, 0.1) is 0 Å². The van der Waals surface area contributed by atoms with Crippen LogP contribution in [0.1, 0.15) is 11.1 Å². The van der Waals surface area contributed by atoms with Gasteiger partial charge in [-0.2, -0.15) is 0 Å². The molecule has 2 heterocycles. The first kappa shape index (κ1) is 23.8. The van der Waals surface area contributed by atoms with Crippen molar-refractivity contribution < 1.29 is 9.47 Å². The van der Waals surface area contributed by atoms with E-state index in [4.69, 9.17) is 9.47 Å². The van der Waals surface area contributed by atoms with Gasteiger partial charge in [-0.3, -0.25) is 14.0 Å². The van der Waals surface area contributed by atoms with Crippen molar-refractivity contribution in [1.82, 2.24) is 14.0 Å². The van der Waals surface area contributed by atoms with Crippen LogP contribution in [0.4, 0.5) is 0 Å². The van der Waals surface area contributed by atoms with E-state index in [9.17, 15) is 4.79 Å². The van der Waals surface area contributed by atoms with Gasteiger partial charge < -0.3 is 9.47 Å². The van der Waals surface area contributed by atoms with Gasteiger partial charge in [0.15, 0.2) is 0 Å². The van der Waals surface area contributed by atoms with Crippen LogP contribution in [0.25, 0.3) is 11.4 Å². The highest BCUT2D eigenvalue weighted by Gasteiger charge is 2.15. The predicted octanol–water partition coefficient (Wildman–Crippen LogP) is 5.86. The fraction of sp³-hybridized carbons (Fsp3) is 0.156. The maximum atomic E-state index is 13.1. The van der Waals surface area contributed by atoms with E-state index in [-0.39, 0.29) is 5.69 Å². The molecule has 6 heteroatoms. The molecule has 1 aromatic heterocycles. The minimum atomic E-state index is -0.138. The number of aromatic nitrogens is 2. The Hall–Kier alpha value is -4.55. The minimum Gasteiger partial charge on any atom is -0.492 e. The van der Waals surface area contributed by atoms with E-state index in [2.05, 4.69) is 29.2 Å². The average molecular weight is 504 g/mol. The smallest absolute Gasteiger partial charge is 0.337 e. The molecule has 0 radical (unpaired) electrons. The Morgan fingerprint density at radius 3 is 1.89 bits per heavy atom. The number of ether oxygens (including phenoxy) is 2. The van der Waals surface area contributed by atoms with Crippen molar-refractivity contribution in [2.75, 3.05) is 19.7 Å². The molecule has 0 saturated heterocycles. The number of fused-ring (bicyclic) bond motifs is 1. The first-order chi connectivity index (χ1) is 18.7. The van der Waals surface area contributed by atoms with Crippen molar-refractivity contribution in [1.29, 1.82) is 0 Å². The molecule has 0 unspecified atom stereocenters. The standard InChI is InChI=1S/C32H29N3O3/c36-32-34(20-21-35(32)28-12-16-31(17-13-28)38-30-8-2-1-3-9-30)27-10-14-29(15-11-27)37-23-22-33-19-18-25-6-4-5-7-26(25)24-33/h1-17,20-21H,18-19,22-24H2. The first-order valence-electron chi connectivity index (χ1n) is 12.9. The molecule has 1 aliphatic heterocycles. The van der Waals surface area contributed by atoms with Gasteiger partial charge in [0.2, 0.25) is 0 Å². The molecule has 0 aliphatic carbocycles. The third-order valence-electron chi connectivity index (χ3n) is 6.87. The van der Waals surface area contributed by atoms with Crippen LogP contribution in [0.15, 0.2) is 120 Å². The number of imidazole rings is 1. The number of para-hydroxylation sites is 1. The summed E-state index contributed by atoms with van der Waals surface area (Å²) >= 11 is 0. The van der Waals surface area contributed by atoms with Crippen molar-refractivity contribution in [3.05, 3.63) is 137 Å². The molecule has 0 amide bonds. The largest absolute Gasteiger partial charge is 0.492 e. The Balaban J connectivity index is 1.06. The summed E-state index contributed by atoms with van der Waals surface area (Å²) in [7, 11) is 0. The molecule has 38 heavy (non-hydrogen) atoms. The maximum Gasteiger partial charge on any atom is 0.337 e. The zero-order chi connectivity index (χ0) is 25.7. The summed E-state index contributed by atoms with van der Waals surface area (Å²) in [6, 6.07) is 33.4. The molecule has 0 atom stereocenters. The summed E-state index contributed by atoms with van der Waals surface area (Å²) in [5, 5.41) is 0. The van der Waals surface area contributed by atoms with E-state index in [0.717, 1.165) is 48.9 Å². The monoisotopic (exact) mass is 503 g/mol. The lowest BCUT2D eigenvalue weighted by atomic mass is 10.0. The van der Waals surface area contributed by atoms with Crippen molar-refractivity contribution in [2.24, 2.45) is 0 Å². The minimum absolute atomic E-state index is 0.138. The second-order valence-corrected chi connectivity index (χ2v) is 9.37. The molecule has 0 N–H and O–H groups in total. The molecule has 5 aromatic rings. The lowest BCUT2D eigenvalue weighted by Gasteiger charge is -2.28. The third kappa shape index (κ3) is 5.26. The Morgan fingerprint density at radius 1 is 0.632 bits per heavy atom. The lowest BCUT2D eigenvalue weighted by Crippen LogP contribution is -2.33. The summed E-state index contributed by atoms with van der Waals surface area (Å²) in [5.74, 6) is 2.29. The van der Waals surface area contributed by atoms with Crippen molar-refractivity contribution in [3.8, 4) is 28.6 Å². The van der Waals surface area contributed by atoms with Gasteiger partial charge in [0.25, 0.3) is 0 Å². The van der Waals surface area contributed by atoms with E-state index >= 15 is 0 Å².